The van der Waals surface area contributed by atoms with Gasteiger partial charge in [-0.25, -0.2) is 0 Å². The summed E-state index contributed by atoms with van der Waals surface area (Å²) in [6.45, 7) is 0. The summed E-state index contributed by atoms with van der Waals surface area (Å²) in [6, 6.07) is 0. The van der Waals surface area contributed by atoms with Crippen molar-refractivity contribution < 1.29 is 0 Å². The van der Waals surface area contributed by atoms with Gasteiger partial charge in [0, 0.05) is 0 Å². The van der Waals surface area contributed by atoms with Gasteiger partial charge in [0.2, 0.25) is 0 Å². The quantitative estimate of drug-likeness (QED) is 0.466. The maximum atomic E-state index is 2.45. The van der Waals surface area contributed by atoms with Crippen LogP contribution in [0.4, 0.5) is 0 Å². The summed E-state index contributed by atoms with van der Waals surface area (Å²) < 4.78 is 0. The Morgan fingerprint density at radius 3 is 0.800 bits per heavy atom. The van der Waals surface area contributed by atoms with E-state index >= 15 is 0 Å². The first kappa shape index (κ1) is 20.7. The SMILES string of the molecule is C[S][Sn]([CH3])([CH3])[S]C.C[S][Sn]([CH3])([S]C)[S]C. The van der Waals surface area contributed by atoms with Crippen molar-refractivity contribution in [2.75, 3.05) is 31.3 Å². The molecule has 0 aromatic heterocycles. The third-order valence-corrected chi connectivity index (χ3v) is 69.0. The number of hydrogen-bond donors (Lipinski definition) is 0. The second-order valence-corrected chi connectivity index (χ2v) is 72.8. The first-order valence-corrected chi connectivity index (χ1v) is 36.7. The van der Waals surface area contributed by atoms with Crippen LogP contribution in [0.1, 0.15) is 0 Å². The Morgan fingerprint density at radius 1 is 0.533 bits per heavy atom. The van der Waals surface area contributed by atoms with Crippen molar-refractivity contribution >= 4 is 74.6 Å². The van der Waals surface area contributed by atoms with Gasteiger partial charge in [-0.05, 0) is 0 Å². The van der Waals surface area contributed by atoms with E-state index in [4.69, 9.17) is 0 Å². The van der Waals surface area contributed by atoms with Crippen LogP contribution < -0.4 is 0 Å². The monoisotopic (exact) mass is 520 g/mol. The van der Waals surface area contributed by atoms with Crippen molar-refractivity contribution in [1.82, 2.24) is 0 Å². The van der Waals surface area contributed by atoms with Crippen molar-refractivity contribution in [2.45, 2.75) is 14.8 Å². The second kappa shape index (κ2) is 11.2. The van der Waals surface area contributed by atoms with Gasteiger partial charge in [0.05, 0.1) is 0 Å². The molecule has 0 rings (SSSR count). The normalized spacial score (nSPS) is 12.0. The van der Waals surface area contributed by atoms with Gasteiger partial charge in [0.15, 0.2) is 0 Å². The van der Waals surface area contributed by atoms with Crippen molar-refractivity contribution in [2.24, 2.45) is 0 Å². The summed E-state index contributed by atoms with van der Waals surface area (Å²) in [4.78, 5) is 7.32. The molecule has 0 aliphatic carbocycles. The molecule has 7 heteroatoms. The molecule has 0 nitrogen and oxygen atoms in total. The molecule has 0 spiro atoms. The van der Waals surface area contributed by atoms with E-state index in [0.717, 1.165) is 0 Å². The Morgan fingerprint density at radius 2 is 0.800 bits per heavy atom. The third kappa shape index (κ3) is 12.1. The predicted octanol–water partition coefficient (Wildman–Crippen LogP) is 5.06. The van der Waals surface area contributed by atoms with E-state index in [1.165, 1.54) is 0 Å². The van der Waals surface area contributed by atoms with Gasteiger partial charge in [-0.15, -0.1) is 0 Å². The first-order valence-electron chi connectivity index (χ1n) is 4.56. The summed E-state index contributed by atoms with van der Waals surface area (Å²) in [6.07, 6.45) is 11.2. The van der Waals surface area contributed by atoms with E-state index in [9.17, 15) is 0 Å². The molecule has 0 aliphatic rings. The molecule has 0 aromatic carbocycles. The van der Waals surface area contributed by atoms with Gasteiger partial charge in [0.1, 0.15) is 0 Å². The van der Waals surface area contributed by atoms with Crippen molar-refractivity contribution in [1.29, 1.82) is 0 Å². The Bertz CT molecular complexity index is 136. The number of rotatable bonds is 5. The van der Waals surface area contributed by atoms with Crippen LogP contribution in [0.25, 0.3) is 0 Å². The van der Waals surface area contributed by atoms with Crippen molar-refractivity contribution in [3.05, 3.63) is 0 Å². The molecule has 0 saturated carbocycles. The van der Waals surface area contributed by atoms with Gasteiger partial charge in [-0.2, -0.15) is 0 Å². The molecule has 0 saturated heterocycles. The summed E-state index contributed by atoms with van der Waals surface area (Å²) in [5.74, 6) is 0. The van der Waals surface area contributed by atoms with Crippen LogP contribution in [0.15, 0.2) is 0 Å². The van der Waals surface area contributed by atoms with Gasteiger partial charge in [0.25, 0.3) is 0 Å². The molecule has 0 N–H and O–H groups in total. The third-order valence-electron chi connectivity index (χ3n) is 2.10. The molecule has 15 heavy (non-hydrogen) atoms. The molecule has 0 bridgehead atoms. The minimum absolute atomic E-state index is 1.45. The first-order chi connectivity index (χ1) is 6.80. The average molecular weight is 518 g/mol. The molecule has 0 heterocycles. The molecular weight excluding hydrogens is 494 g/mol. The molecule has 0 aliphatic heterocycles. The summed E-state index contributed by atoms with van der Waals surface area (Å²) in [5.41, 5.74) is 0. The van der Waals surface area contributed by atoms with Crippen LogP contribution in [0.5, 0.6) is 0 Å². The van der Waals surface area contributed by atoms with Gasteiger partial charge < -0.3 is 0 Å². The van der Waals surface area contributed by atoms with E-state index in [0.29, 0.717) is 0 Å². The van der Waals surface area contributed by atoms with Crippen molar-refractivity contribution in [3.63, 3.8) is 0 Å². The predicted molar refractivity (Wildman–Crippen MR) is 96.7 cm³/mol. The molecular formula is C8H24S5Sn2. The summed E-state index contributed by atoms with van der Waals surface area (Å²) >= 11 is -3.03. The fraction of sp³-hybridized carbons (Fsp3) is 1.00. The zero-order valence-electron chi connectivity index (χ0n) is 11.0. The van der Waals surface area contributed by atoms with Crippen LogP contribution in [0, 0.1) is 0 Å². The Balaban J connectivity index is 0. The summed E-state index contributed by atoms with van der Waals surface area (Å²) in [7, 11) is 10.5. The van der Waals surface area contributed by atoms with Crippen LogP contribution >= 0.6 is 44.7 Å². The van der Waals surface area contributed by atoms with E-state index in [1.807, 2.05) is 0 Å². The maximum absolute atomic E-state index is 2.45. The molecule has 0 atom stereocenters. The van der Waals surface area contributed by atoms with Crippen LogP contribution in [-0.2, 0) is 0 Å². The minimum atomic E-state index is -1.58. The average Bonchev–Trinajstić information content (AvgIpc) is 2.29. The fourth-order valence-corrected chi connectivity index (χ4v) is 20.1. The van der Waals surface area contributed by atoms with Gasteiger partial charge in [-0.1, -0.05) is 0 Å². The Hall–Kier alpha value is 3.35. The van der Waals surface area contributed by atoms with Crippen LogP contribution in [0.2, 0.25) is 14.8 Å². The van der Waals surface area contributed by atoms with Gasteiger partial charge >= 0.3 is 121 Å². The van der Waals surface area contributed by atoms with Crippen molar-refractivity contribution in [3.8, 4) is 0 Å². The van der Waals surface area contributed by atoms with E-state index in [2.05, 4.69) is 90.8 Å². The van der Waals surface area contributed by atoms with Gasteiger partial charge in [-0.3, -0.25) is 0 Å². The van der Waals surface area contributed by atoms with E-state index in [1.54, 1.807) is 0 Å². The van der Waals surface area contributed by atoms with E-state index in [-0.39, 0.29) is 0 Å². The molecule has 0 amide bonds. The zero-order chi connectivity index (χ0) is 12.5. The molecule has 94 valence electrons. The fourth-order valence-electron chi connectivity index (χ4n) is 0.333. The topological polar surface area (TPSA) is 0 Å². The van der Waals surface area contributed by atoms with E-state index < -0.39 is 29.8 Å². The Labute approximate surface area is 118 Å². The van der Waals surface area contributed by atoms with Crippen LogP contribution in [0.3, 0.4) is 0 Å². The standard InChI is InChI=1S/5CH4S.3CH3.2Sn/c5*1-2;;;;;/h5*2H,1H3;3*1H3;;/q;;;;;;;;+2;+3/p-5. The Kier molecular flexibility index (Phi) is 15.4. The zero-order valence-corrected chi connectivity index (χ0v) is 20.8. The molecule has 0 radical (unpaired) electrons. The summed E-state index contributed by atoms with van der Waals surface area (Å²) in [5, 5.41) is 0. The molecule has 0 unspecified atom stereocenters. The number of hydrogen-bond acceptors (Lipinski definition) is 5. The second-order valence-electron chi connectivity index (χ2n) is 3.28. The van der Waals surface area contributed by atoms with Crippen LogP contribution in [-0.4, -0.2) is 61.1 Å². The molecule has 0 fully saturated rings. The molecule has 0 aromatic rings.